The Labute approximate surface area is 141 Å². The summed E-state index contributed by atoms with van der Waals surface area (Å²) in [6.45, 7) is 0.828. The molecule has 0 atom stereocenters. The molecule has 1 aromatic heterocycles. The normalized spacial score (nSPS) is 33.8. The first-order valence-electron chi connectivity index (χ1n) is 9.15. The van der Waals surface area contributed by atoms with Gasteiger partial charge in [0, 0.05) is 12.2 Å². The van der Waals surface area contributed by atoms with Gasteiger partial charge in [-0.3, -0.25) is 0 Å². The summed E-state index contributed by atoms with van der Waals surface area (Å²) >= 11 is 0. The standard InChI is InChI=1S/C19H24N4O/c24-18(23-15-1-2-16-17(6-15)22-11-21-16)20-10-19-7-12-3-13(8-19)5-14(4-12)9-19/h1-2,6,11-14H,3-5,7-10H2,(H,21,22)(H2,20,23,24). The Bertz CT molecular complexity index is 745. The number of imidazole rings is 1. The van der Waals surface area contributed by atoms with Gasteiger partial charge in [-0.2, -0.15) is 0 Å². The highest BCUT2D eigenvalue weighted by molar-refractivity contribution is 5.91. The van der Waals surface area contributed by atoms with Crippen molar-refractivity contribution in [3.63, 3.8) is 0 Å². The summed E-state index contributed by atoms with van der Waals surface area (Å²) in [4.78, 5) is 19.6. The van der Waals surface area contributed by atoms with Gasteiger partial charge in [0.15, 0.2) is 0 Å². The molecule has 1 aromatic carbocycles. The predicted octanol–water partition coefficient (Wildman–Crippen LogP) is 3.90. The average molecular weight is 324 g/mol. The van der Waals surface area contributed by atoms with Gasteiger partial charge in [-0.1, -0.05) is 0 Å². The Morgan fingerprint density at radius 1 is 1.17 bits per heavy atom. The van der Waals surface area contributed by atoms with E-state index in [0.29, 0.717) is 5.41 Å². The van der Waals surface area contributed by atoms with Crippen molar-refractivity contribution in [2.24, 2.45) is 23.2 Å². The number of benzene rings is 1. The zero-order valence-corrected chi connectivity index (χ0v) is 13.8. The highest BCUT2D eigenvalue weighted by atomic mass is 16.2. The fraction of sp³-hybridized carbons (Fsp3) is 0.579. The van der Waals surface area contributed by atoms with Crippen LogP contribution in [-0.4, -0.2) is 22.5 Å². The van der Waals surface area contributed by atoms with E-state index in [2.05, 4.69) is 20.6 Å². The summed E-state index contributed by atoms with van der Waals surface area (Å²) in [5.74, 6) is 2.76. The monoisotopic (exact) mass is 324 g/mol. The van der Waals surface area contributed by atoms with Crippen LogP contribution in [0, 0.1) is 23.2 Å². The van der Waals surface area contributed by atoms with Crippen LogP contribution < -0.4 is 10.6 Å². The van der Waals surface area contributed by atoms with Crippen molar-refractivity contribution in [2.45, 2.75) is 38.5 Å². The van der Waals surface area contributed by atoms with E-state index in [0.717, 1.165) is 41.0 Å². The van der Waals surface area contributed by atoms with E-state index >= 15 is 0 Å². The predicted molar refractivity (Wildman–Crippen MR) is 93.7 cm³/mol. The van der Waals surface area contributed by atoms with Gasteiger partial charge in [0.2, 0.25) is 0 Å². The molecule has 0 aliphatic heterocycles. The topological polar surface area (TPSA) is 69.8 Å². The number of rotatable bonds is 3. The number of H-pyrrole nitrogens is 1. The lowest BCUT2D eigenvalue weighted by atomic mass is 9.49. The van der Waals surface area contributed by atoms with Gasteiger partial charge >= 0.3 is 6.03 Å². The van der Waals surface area contributed by atoms with Crippen molar-refractivity contribution in [1.82, 2.24) is 15.3 Å². The van der Waals surface area contributed by atoms with Crippen LogP contribution in [0.5, 0.6) is 0 Å². The number of nitrogens with zero attached hydrogens (tertiary/aromatic N) is 1. The Balaban J connectivity index is 1.23. The second-order valence-electron chi connectivity index (χ2n) is 8.36. The first-order chi connectivity index (χ1) is 11.7. The van der Waals surface area contributed by atoms with Crippen LogP contribution in [0.1, 0.15) is 38.5 Å². The molecule has 0 spiro atoms. The van der Waals surface area contributed by atoms with Gasteiger partial charge in [-0.25, -0.2) is 9.78 Å². The van der Waals surface area contributed by atoms with Crippen molar-refractivity contribution in [3.8, 4) is 0 Å². The summed E-state index contributed by atoms with van der Waals surface area (Å²) < 4.78 is 0. The molecule has 1 heterocycles. The minimum absolute atomic E-state index is 0.0930. The lowest BCUT2D eigenvalue weighted by Crippen LogP contribution is -2.51. The molecular formula is C19H24N4O. The van der Waals surface area contributed by atoms with E-state index < -0.39 is 0 Å². The zero-order valence-electron chi connectivity index (χ0n) is 13.8. The molecule has 2 amide bonds. The summed E-state index contributed by atoms with van der Waals surface area (Å²) in [7, 11) is 0. The molecule has 24 heavy (non-hydrogen) atoms. The molecule has 3 N–H and O–H groups in total. The Morgan fingerprint density at radius 2 is 1.88 bits per heavy atom. The molecule has 6 rings (SSSR count). The van der Waals surface area contributed by atoms with Crippen LogP contribution in [0.25, 0.3) is 11.0 Å². The number of urea groups is 1. The highest BCUT2D eigenvalue weighted by Crippen LogP contribution is 2.59. The average Bonchev–Trinajstić information content (AvgIpc) is 2.99. The molecule has 4 fully saturated rings. The van der Waals surface area contributed by atoms with E-state index in [-0.39, 0.29) is 6.03 Å². The summed E-state index contributed by atoms with van der Waals surface area (Å²) in [5.41, 5.74) is 3.03. The highest BCUT2D eigenvalue weighted by Gasteiger charge is 2.50. The van der Waals surface area contributed by atoms with Crippen LogP contribution in [0.4, 0.5) is 10.5 Å². The second kappa shape index (κ2) is 5.23. The number of aromatic nitrogens is 2. The Morgan fingerprint density at radius 3 is 2.58 bits per heavy atom. The first kappa shape index (κ1) is 14.3. The van der Waals surface area contributed by atoms with Crippen LogP contribution in [0.2, 0.25) is 0 Å². The molecule has 5 heteroatoms. The fourth-order valence-electron chi connectivity index (χ4n) is 5.96. The molecular weight excluding hydrogens is 300 g/mol. The lowest BCUT2D eigenvalue weighted by molar-refractivity contribution is -0.0496. The lowest BCUT2D eigenvalue weighted by Gasteiger charge is -2.56. The number of hydrogen-bond acceptors (Lipinski definition) is 2. The van der Waals surface area contributed by atoms with Crippen LogP contribution >= 0.6 is 0 Å². The number of nitrogens with one attached hydrogen (secondary N) is 3. The maximum Gasteiger partial charge on any atom is 0.319 e. The molecule has 4 aliphatic rings. The minimum atomic E-state index is -0.0930. The van der Waals surface area contributed by atoms with Crippen LogP contribution in [0.15, 0.2) is 24.5 Å². The van der Waals surface area contributed by atoms with Crippen molar-refractivity contribution < 1.29 is 4.79 Å². The summed E-state index contributed by atoms with van der Waals surface area (Å²) in [5, 5.41) is 6.11. The molecule has 5 nitrogen and oxygen atoms in total. The Hall–Kier alpha value is -2.04. The maximum atomic E-state index is 12.3. The van der Waals surface area contributed by atoms with E-state index in [1.807, 2.05) is 18.2 Å². The number of carbonyl (C=O) groups is 1. The number of fused-ring (bicyclic) bond motifs is 1. The SMILES string of the molecule is O=C(NCC12CC3CC(CC(C3)C1)C2)Nc1ccc2nc[nH]c2c1. The molecule has 0 radical (unpaired) electrons. The number of amides is 2. The fourth-order valence-corrected chi connectivity index (χ4v) is 5.96. The van der Waals surface area contributed by atoms with Crippen LogP contribution in [0.3, 0.4) is 0 Å². The quantitative estimate of drug-likeness (QED) is 0.801. The number of hydrogen-bond donors (Lipinski definition) is 3. The summed E-state index contributed by atoms with van der Waals surface area (Å²) in [6, 6.07) is 5.64. The number of anilines is 1. The zero-order chi connectivity index (χ0) is 16.1. The van der Waals surface area contributed by atoms with Crippen molar-refractivity contribution in [2.75, 3.05) is 11.9 Å². The molecule has 0 unspecified atom stereocenters. The molecule has 4 bridgehead atoms. The van der Waals surface area contributed by atoms with Crippen LogP contribution in [-0.2, 0) is 0 Å². The molecule has 126 valence electrons. The van der Waals surface area contributed by atoms with Gasteiger partial charge in [-0.15, -0.1) is 0 Å². The second-order valence-corrected chi connectivity index (χ2v) is 8.36. The van der Waals surface area contributed by atoms with Gasteiger partial charge in [-0.05, 0) is 79.9 Å². The van der Waals surface area contributed by atoms with E-state index in [1.54, 1.807) is 6.33 Å². The molecule has 0 saturated heterocycles. The minimum Gasteiger partial charge on any atom is -0.345 e. The Kier molecular flexibility index (Phi) is 3.12. The molecule has 4 saturated carbocycles. The number of aromatic amines is 1. The van der Waals surface area contributed by atoms with Crippen molar-refractivity contribution in [1.29, 1.82) is 0 Å². The third-order valence-electron chi connectivity index (χ3n) is 6.47. The van der Waals surface area contributed by atoms with Gasteiger partial charge in [0.1, 0.15) is 0 Å². The van der Waals surface area contributed by atoms with Crippen molar-refractivity contribution in [3.05, 3.63) is 24.5 Å². The first-order valence-corrected chi connectivity index (χ1v) is 9.15. The maximum absolute atomic E-state index is 12.3. The smallest absolute Gasteiger partial charge is 0.319 e. The number of carbonyl (C=O) groups excluding carboxylic acids is 1. The summed E-state index contributed by atoms with van der Waals surface area (Å²) in [6.07, 6.45) is 9.95. The van der Waals surface area contributed by atoms with E-state index in [9.17, 15) is 4.79 Å². The van der Waals surface area contributed by atoms with Gasteiger partial charge in [0.05, 0.1) is 17.4 Å². The third kappa shape index (κ3) is 2.46. The molecule has 4 aliphatic carbocycles. The largest absolute Gasteiger partial charge is 0.345 e. The van der Waals surface area contributed by atoms with E-state index in [1.165, 1.54) is 38.5 Å². The third-order valence-corrected chi connectivity index (χ3v) is 6.47. The van der Waals surface area contributed by atoms with E-state index in [4.69, 9.17) is 0 Å². The van der Waals surface area contributed by atoms with Crippen molar-refractivity contribution >= 4 is 22.8 Å². The van der Waals surface area contributed by atoms with Gasteiger partial charge in [0.25, 0.3) is 0 Å². The van der Waals surface area contributed by atoms with Gasteiger partial charge < -0.3 is 15.6 Å². The molecule has 2 aromatic rings.